The number of benzene rings is 2. The molecule has 0 spiro atoms. The summed E-state index contributed by atoms with van der Waals surface area (Å²) in [5.74, 6) is 3.50. The van der Waals surface area contributed by atoms with Crippen molar-refractivity contribution in [3.8, 4) is 23.1 Å². The van der Waals surface area contributed by atoms with Crippen LogP contribution in [-0.4, -0.2) is 80.0 Å². The Morgan fingerprint density at radius 3 is 2.58 bits per heavy atom. The molecule has 5 rings (SSSR count). The molecule has 2 aromatic carbocycles. The number of carbonyl (C=O) groups excluding carboxylic acids is 1. The van der Waals surface area contributed by atoms with Gasteiger partial charge in [-0.3, -0.25) is 19.3 Å². The molecule has 2 amide bonds. The van der Waals surface area contributed by atoms with Crippen molar-refractivity contribution in [2.45, 2.75) is 26.2 Å². The second kappa shape index (κ2) is 12.6. The van der Waals surface area contributed by atoms with Gasteiger partial charge < -0.3 is 24.1 Å². The molecule has 3 heterocycles. The minimum atomic E-state index is -2.44. The number of amides is 2. The third kappa shape index (κ3) is 7.84. The van der Waals surface area contributed by atoms with Crippen molar-refractivity contribution in [2.24, 2.45) is 0 Å². The lowest BCUT2D eigenvalue weighted by Crippen LogP contribution is -2.40. The Morgan fingerprint density at radius 1 is 1.07 bits per heavy atom. The molecule has 1 aliphatic rings. The molecular weight excluding hydrogens is 576 g/mol. The molecule has 230 valence electrons. The Balaban J connectivity index is 1.26. The van der Waals surface area contributed by atoms with Gasteiger partial charge in [-0.2, -0.15) is 10.6 Å². The smallest absolute Gasteiger partial charge is 0.324 e. The van der Waals surface area contributed by atoms with E-state index in [1.807, 2.05) is 20.8 Å². The number of methoxy groups -OCH3 is 1. The van der Waals surface area contributed by atoms with Crippen LogP contribution in [0.1, 0.15) is 26.5 Å². The number of nitrogens with one attached hydrogen (secondary N) is 2. The molecule has 0 unspecified atom stereocenters. The lowest BCUT2D eigenvalue weighted by atomic mass is 9.93. The Bertz CT molecular complexity index is 1580. The van der Waals surface area contributed by atoms with E-state index in [2.05, 4.69) is 30.7 Å². The molecule has 0 saturated carbocycles. The lowest BCUT2D eigenvalue weighted by molar-refractivity contribution is 0.211. The monoisotopic (exact) mass is 612 g/mol. The van der Waals surface area contributed by atoms with Gasteiger partial charge in [0.25, 0.3) is 0 Å². The van der Waals surface area contributed by atoms with Crippen molar-refractivity contribution < 1.29 is 32.6 Å². The molecule has 1 fully saturated rings. The van der Waals surface area contributed by atoms with Crippen LogP contribution >= 0.6 is 10.6 Å². The molecule has 2 aromatic heterocycles. The zero-order chi connectivity index (χ0) is 30.6. The Morgan fingerprint density at radius 2 is 1.86 bits per heavy atom. The Hall–Kier alpha value is -4.11. The highest BCUT2D eigenvalue weighted by Crippen LogP contribution is 2.40. The maximum atomic E-state index is 12.6. The van der Waals surface area contributed by atoms with Crippen LogP contribution in [0, 0.1) is 0 Å². The van der Waals surface area contributed by atoms with Crippen molar-refractivity contribution >= 4 is 39.0 Å². The summed E-state index contributed by atoms with van der Waals surface area (Å²) in [6.07, 6.45) is 1.40. The number of rotatable bonds is 9. The molecule has 4 aromatic rings. The fraction of sp³-hybridized carbons (Fsp3) is 0.379. The highest BCUT2D eigenvalue weighted by atomic mass is 32.3. The van der Waals surface area contributed by atoms with E-state index in [1.165, 1.54) is 6.33 Å². The third-order valence-electron chi connectivity index (χ3n) is 6.82. The summed E-state index contributed by atoms with van der Waals surface area (Å²) in [5, 5.41) is 9.96. The van der Waals surface area contributed by atoms with E-state index >= 15 is 0 Å². The van der Waals surface area contributed by atoms with Crippen LogP contribution in [0.3, 0.4) is 0 Å². The summed E-state index contributed by atoms with van der Waals surface area (Å²) < 4.78 is 42.7. The van der Waals surface area contributed by atoms with Crippen molar-refractivity contribution in [3.05, 3.63) is 54.6 Å². The summed E-state index contributed by atoms with van der Waals surface area (Å²) >= 11 is 0. The predicted molar refractivity (Wildman–Crippen MR) is 165 cm³/mol. The molecule has 43 heavy (non-hydrogen) atoms. The third-order valence-corrected chi connectivity index (χ3v) is 8.49. The first-order valence-corrected chi connectivity index (χ1v) is 15.6. The van der Waals surface area contributed by atoms with Gasteiger partial charge in [0.1, 0.15) is 24.4 Å². The summed E-state index contributed by atoms with van der Waals surface area (Å²) in [5.41, 5.74) is 0.867. The number of hydrogen-bond acceptors (Lipinski definition) is 11. The van der Waals surface area contributed by atoms with Crippen LogP contribution in [-0.2, 0) is 5.41 Å². The molecule has 1 aliphatic heterocycles. The van der Waals surface area contributed by atoms with Crippen LogP contribution < -0.4 is 24.8 Å². The van der Waals surface area contributed by atoms with Crippen LogP contribution in [0.25, 0.3) is 10.9 Å². The van der Waals surface area contributed by atoms with Crippen LogP contribution in [0.2, 0.25) is 0 Å². The number of ether oxygens (including phenoxy) is 3. The van der Waals surface area contributed by atoms with Crippen molar-refractivity contribution in [2.75, 3.05) is 55.5 Å². The largest absolute Gasteiger partial charge is 0.493 e. The zero-order valence-electron chi connectivity index (χ0n) is 24.5. The van der Waals surface area contributed by atoms with E-state index in [9.17, 15) is 13.9 Å². The zero-order valence-corrected chi connectivity index (χ0v) is 25.3. The fourth-order valence-electron chi connectivity index (χ4n) is 4.38. The van der Waals surface area contributed by atoms with E-state index in [0.29, 0.717) is 89.0 Å². The summed E-state index contributed by atoms with van der Waals surface area (Å²) in [6.45, 7) is 8.21. The highest BCUT2D eigenvalue weighted by Gasteiger charge is 2.23. The highest BCUT2D eigenvalue weighted by molar-refractivity contribution is 8.24. The first-order chi connectivity index (χ1) is 20.5. The van der Waals surface area contributed by atoms with Gasteiger partial charge in [0.05, 0.1) is 29.5 Å². The Kier molecular flexibility index (Phi) is 8.92. The molecule has 1 saturated heterocycles. The van der Waals surface area contributed by atoms with Gasteiger partial charge in [0, 0.05) is 48.9 Å². The van der Waals surface area contributed by atoms with Crippen LogP contribution in [0.5, 0.6) is 23.1 Å². The summed E-state index contributed by atoms with van der Waals surface area (Å²) in [6, 6.07) is 11.6. The lowest BCUT2D eigenvalue weighted by Gasteiger charge is -2.40. The van der Waals surface area contributed by atoms with Gasteiger partial charge in [-0.15, -0.1) is 0 Å². The first-order valence-electron chi connectivity index (χ1n) is 13.7. The molecule has 4 N–H and O–H groups in total. The average molecular weight is 613 g/mol. The molecule has 0 radical (unpaired) electrons. The van der Waals surface area contributed by atoms with Crippen LogP contribution in [0.4, 0.5) is 16.3 Å². The van der Waals surface area contributed by atoms with Crippen molar-refractivity contribution in [1.29, 1.82) is 0 Å². The summed E-state index contributed by atoms with van der Waals surface area (Å²) in [7, 11) is -0.886. The number of hydrogen-bond donors (Lipinski definition) is 4. The maximum absolute atomic E-state index is 12.6. The summed E-state index contributed by atoms with van der Waals surface area (Å²) in [4.78, 5) is 23.4. The van der Waals surface area contributed by atoms with Crippen molar-refractivity contribution in [3.63, 3.8) is 0 Å². The fourth-order valence-corrected chi connectivity index (χ4v) is 5.69. The van der Waals surface area contributed by atoms with Gasteiger partial charge in [0.2, 0.25) is 5.88 Å². The van der Waals surface area contributed by atoms with Gasteiger partial charge in [-0.1, -0.05) is 32.0 Å². The van der Waals surface area contributed by atoms with E-state index in [-0.39, 0.29) is 5.41 Å². The molecule has 0 aliphatic carbocycles. The normalized spacial score (nSPS) is 16.0. The first kappa shape index (κ1) is 30.4. The number of carbonyl (C=O) groups is 1. The maximum Gasteiger partial charge on any atom is 0.324 e. The average Bonchev–Trinajstić information content (AvgIpc) is 3.43. The second-order valence-electron chi connectivity index (χ2n) is 11.1. The molecule has 0 bridgehead atoms. The van der Waals surface area contributed by atoms with Gasteiger partial charge in [0.15, 0.2) is 17.3 Å². The molecule has 13 nitrogen and oxygen atoms in total. The minimum Gasteiger partial charge on any atom is -0.493 e. The standard InChI is InChI=1S/C29H36N6O7S/c1-29(2,3)25-17-26(34-42-25)33-28(36)32-19-6-5-7-20(14-19)41-27-21-15-24(23(39-4)16-22(21)30-18-31-27)40-11-8-35-9-12-43(37,38)13-10-35/h5-7,14-18,37-38H,8-13H2,1-4H3,(H2,32,33,34,36). The van der Waals surface area contributed by atoms with Crippen LogP contribution in [0.15, 0.2) is 53.3 Å². The Labute approximate surface area is 250 Å². The minimum absolute atomic E-state index is 0.234. The topological polar surface area (TPSA) is 164 Å². The number of urea groups is 1. The van der Waals surface area contributed by atoms with E-state index in [1.54, 1.807) is 49.6 Å². The molecular formula is C29H36N6O7S. The second-order valence-corrected chi connectivity index (χ2v) is 13.6. The number of anilines is 2. The van der Waals surface area contributed by atoms with E-state index in [0.717, 1.165) is 0 Å². The predicted octanol–water partition coefficient (Wildman–Crippen LogP) is 5.81. The SMILES string of the molecule is COc1cc2ncnc(Oc3cccc(NC(=O)Nc4cc(C(C)(C)C)on4)c3)c2cc1OCCN1CCS(O)(O)CC1. The van der Waals surface area contributed by atoms with E-state index < -0.39 is 16.6 Å². The van der Waals surface area contributed by atoms with Gasteiger partial charge in [-0.25, -0.2) is 14.8 Å². The van der Waals surface area contributed by atoms with Gasteiger partial charge >= 0.3 is 6.03 Å². The van der Waals surface area contributed by atoms with E-state index in [4.69, 9.17) is 18.7 Å². The van der Waals surface area contributed by atoms with Crippen molar-refractivity contribution in [1.82, 2.24) is 20.0 Å². The quantitative estimate of drug-likeness (QED) is 0.180. The molecule has 14 heteroatoms. The number of aromatic nitrogens is 3. The number of fused-ring (bicyclic) bond motifs is 1. The molecule has 0 atom stereocenters. The number of nitrogens with zero attached hydrogens (tertiary/aromatic N) is 4. The van der Waals surface area contributed by atoms with Gasteiger partial charge in [-0.05, 0) is 18.2 Å².